The van der Waals surface area contributed by atoms with Gasteiger partial charge in [0.1, 0.15) is 0 Å². The first kappa shape index (κ1) is 12.3. The summed E-state index contributed by atoms with van der Waals surface area (Å²) in [7, 11) is 0. The SMILES string of the molecule is O=C(O)c1ccccc1CO.[KH]. The van der Waals surface area contributed by atoms with E-state index in [9.17, 15) is 4.79 Å². The molecular formula is C8H9KO3. The van der Waals surface area contributed by atoms with Crippen LogP contribution >= 0.6 is 0 Å². The molecule has 4 heteroatoms. The zero-order valence-corrected chi connectivity index (χ0v) is 5.82. The molecule has 0 bridgehead atoms. The van der Waals surface area contributed by atoms with Crippen LogP contribution in [0.25, 0.3) is 0 Å². The number of aliphatic hydroxyl groups is 1. The summed E-state index contributed by atoms with van der Waals surface area (Å²) in [6.07, 6.45) is 0. The van der Waals surface area contributed by atoms with Gasteiger partial charge in [0.15, 0.2) is 0 Å². The minimum absolute atomic E-state index is 0. The molecule has 60 valence electrons. The summed E-state index contributed by atoms with van der Waals surface area (Å²) >= 11 is 0. The molecule has 0 heterocycles. The molecule has 1 aromatic rings. The molecule has 0 aliphatic rings. The van der Waals surface area contributed by atoms with Crippen molar-refractivity contribution in [3.63, 3.8) is 0 Å². The number of carboxylic acids is 1. The summed E-state index contributed by atoms with van der Waals surface area (Å²) in [6, 6.07) is 6.37. The third-order valence-corrected chi connectivity index (χ3v) is 1.42. The second-order valence-corrected chi connectivity index (χ2v) is 2.12. The van der Waals surface area contributed by atoms with E-state index in [4.69, 9.17) is 10.2 Å². The van der Waals surface area contributed by atoms with Gasteiger partial charge in [0, 0.05) is 0 Å². The molecule has 0 saturated heterocycles. The summed E-state index contributed by atoms with van der Waals surface area (Å²) in [6.45, 7) is -0.234. The van der Waals surface area contributed by atoms with E-state index in [1.807, 2.05) is 0 Å². The summed E-state index contributed by atoms with van der Waals surface area (Å²) < 4.78 is 0. The van der Waals surface area contributed by atoms with Crippen molar-refractivity contribution in [1.82, 2.24) is 0 Å². The van der Waals surface area contributed by atoms with Gasteiger partial charge in [0.05, 0.1) is 12.2 Å². The van der Waals surface area contributed by atoms with Crippen molar-refractivity contribution in [2.45, 2.75) is 6.61 Å². The molecule has 1 rings (SSSR count). The molecule has 2 N–H and O–H groups in total. The predicted molar refractivity (Wildman–Crippen MR) is 46.5 cm³/mol. The molecule has 0 unspecified atom stereocenters. The molecule has 0 fully saturated rings. The van der Waals surface area contributed by atoms with Gasteiger partial charge < -0.3 is 10.2 Å². The predicted octanol–water partition coefficient (Wildman–Crippen LogP) is 0.229. The maximum absolute atomic E-state index is 10.5. The maximum atomic E-state index is 10.5. The Morgan fingerprint density at radius 1 is 1.33 bits per heavy atom. The third kappa shape index (κ3) is 2.97. The molecule has 0 saturated carbocycles. The van der Waals surface area contributed by atoms with Crippen LogP contribution in [0.5, 0.6) is 0 Å². The number of carboxylic acid groups (broad SMARTS) is 1. The van der Waals surface area contributed by atoms with E-state index in [1.165, 1.54) is 6.07 Å². The molecule has 0 aromatic heterocycles. The van der Waals surface area contributed by atoms with Crippen molar-refractivity contribution in [1.29, 1.82) is 0 Å². The second kappa shape index (κ2) is 5.85. The molecule has 12 heavy (non-hydrogen) atoms. The standard InChI is InChI=1S/C8H8O3.K.H/c9-5-6-3-1-2-4-7(6)8(10)11;;/h1-4,9H,5H2,(H,10,11);;. The van der Waals surface area contributed by atoms with Gasteiger partial charge >= 0.3 is 57.4 Å². The van der Waals surface area contributed by atoms with Crippen LogP contribution in [-0.2, 0) is 6.61 Å². The first-order chi connectivity index (χ1) is 5.25. The van der Waals surface area contributed by atoms with Gasteiger partial charge in [-0.1, -0.05) is 18.2 Å². The molecular weight excluding hydrogens is 183 g/mol. The van der Waals surface area contributed by atoms with Gasteiger partial charge in [0.2, 0.25) is 0 Å². The van der Waals surface area contributed by atoms with E-state index >= 15 is 0 Å². The zero-order chi connectivity index (χ0) is 8.27. The molecule has 0 spiro atoms. The van der Waals surface area contributed by atoms with E-state index in [2.05, 4.69) is 0 Å². The fourth-order valence-electron chi connectivity index (χ4n) is 0.867. The van der Waals surface area contributed by atoms with Crippen LogP contribution in [0, 0.1) is 0 Å². The van der Waals surface area contributed by atoms with Gasteiger partial charge in [-0.3, -0.25) is 0 Å². The number of benzene rings is 1. The normalized spacial score (nSPS) is 8.75. The third-order valence-electron chi connectivity index (χ3n) is 1.42. The number of hydrogen-bond donors (Lipinski definition) is 2. The summed E-state index contributed by atoms with van der Waals surface area (Å²) in [5.74, 6) is -1.00. The molecule has 0 aliphatic heterocycles. The van der Waals surface area contributed by atoms with Crippen molar-refractivity contribution in [2.75, 3.05) is 0 Å². The second-order valence-electron chi connectivity index (χ2n) is 2.12. The van der Waals surface area contributed by atoms with Gasteiger partial charge in [-0.05, 0) is 11.6 Å². The van der Waals surface area contributed by atoms with Crippen LogP contribution in [0.4, 0.5) is 0 Å². The van der Waals surface area contributed by atoms with Gasteiger partial charge in [-0.2, -0.15) is 0 Å². The molecule has 0 atom stereocenters. The Bertz CT molecular complexity index is 273. The first-order valence-electron chi connectivity index (χ1n) is 3.17. The van der Waals surface area contributed by atoms with Crippen molar-refractivity contribution in [3.8, 4) is 0 Å². The summed E-state index contributed by atoms with van der Waals surface area (Å²) in [4.78, 5) is 10.5. The topological polar surface area (TPSA) is 57.5 Å². The summed E-state index contributed by atoms with van der Waals surface area (Å²) in [5, 5.41) is 17.3. The van der Waals surface area contributed by atoms with Crippen LogP contribution in [0.3, 0.4) is 0 Å². The quantitative estimate of drug-likeness (QED) is 0.659. The average molecular weight is 192 g/mol. The molecule has 3 nitrogen and oxygen atoms in total. The Balaban J connectivity index is 0.00000121. The number of rotatable bonds is 2. The number of aliphatic hydroxyl groups excluding tert-OH is 1. The van der Waals surface area contributed by atoms with E-state index < -0.39 is 5.97 Å². The van der Waals surface area contributed by atoms with Gasteiger partial charge in [0.25, 0.3) is 0 Å². The molecule has 1 aromatic carbocycles. The zero-order valence-electron chi connectivity index (χ0n) is 5.82. The average Bonchev–Trinajstić information content (AvgIpc) is 2.04. The first-order valence-corrected chi connectivity index (χ1v) is 3.17. The molecule has 0 radical (unpaired) electrons. The van der Waals surface area contributed by atoms with Crippen molar-refractivity contribution in [2.24, 2.45) is 0 Å². The molecule has 0 amide bonds. The van der Waals surface area contributed by atoms with Gasteiger partial charge in [-0.15, -0.1) is 0 Å². The van der Waals surface area contributed by atoms with E-state index in [0.29, 0.717) is 5.56 Å². The monoisotopic (exact) mass is 192 g/mol. The van der Waals surface area contributed by atoms with E-state index in [-0.39, 0.29) is 63.6 Å². The minimum atomic E-state index is -1.00. The van der Waals surface area contributed by atoms with E-state index in [0.717, 1.165) is 0 Å². The summed E-state index contributed by atoms with van der Waals surface area (Å²) in [5.41, 5.74) is 0.606. The van der Waals surface area contributed by atoms with Crippen LogP contribution in [-0.4, -0.2) is 67.6 Å². The number of aromatic carboxylic acids is 1. The van der Waals surface area contributed by atoms with E-state index in [1.54, 1.807) is 18.2 Å². The number of hydrogen-bond acceptors (Lipinski definition) is 2. The van der Waals surface area contributed by atoms with Crippen LogP contribution in [0.15, 0.2) is 24.3 Å². The van der Waals surface area contributed by atoms with Gasteiger partial charge in [-0.25, -0.2) is 4.79 Å². The Morgan fingerprint density at radius 2 is 1.92 bits per heavy atom. The Morgan fingerprint density at radius 3 is 2.33 bits per heavy atom. The Labute approximate surface area is 113 Å². The Kier molecular flexibility index (Phi) is 5.99. The van der Waals surface area contributed by atoms with Crippen molar-refractivity contribution >= 4 is 57.4 Å². The van der Waals surface area contributed by atoms with Crippen LogP contribution in [0.1, 0.15) is 15.9 Å². The Hall–Kier alpha value is 0.286. The van der Waals surface area contributed by atoms with Crippen LogP contribution in [0.2, 0.25) is 0 Å². The fourth-order valence-corrected chi connectivity index (χ4v) is 0.867. The van der Waals surface area contributed by atoms with Crippen LogP contribution < -0.4 is 0 Å². The van der Waals surface area contributed by atoms with Crippen molar-refractivity contribution in [3.05, 3.63) is 35.4 Å². The fraction of sp³-hybridized carbons (Fsp3) is 0.125. The van der Waals surface area contributed by atoms with Crippen molar-refractivity contribution < 1.29 is 15.0 Å². The number of carbonyl (C=O) groups is 1. The molecule has 0 aliphatic carbocycles.